The molecule has 0 aromatic rings. The first-order valence-corrected chi connectivity index (χ1v) is 2.70. The van der Waals surface area contributed by atoms with Gasteiger partial charge in [-0.3, -0.25) is 4.55 Å². The van der Waals surface area contributed by atoms with E-state index in [2.05, 4.69) is 0 Å². The molecule has 0 saturated heterocycles. The summed E-state index contributed by atoms with van der Waals surface area (Å²) in [4.78, 5) is 8.56. The molecule has 0 fully saturated rings. The molecular weight excluding hydrogens is 225 g/mol. The van der Waals surface area contributed by atoms with Crippen molar-refractivity contribution in [3.63, 3.8) is 0 Å². The van der Waals surface area contributed by atoms with Gasteiger partial charge in [-0.2, -0.15) is 0 Å². The van der Waals surface area contributed by atoms with Gasteiger partial charge in [0.2, 0.25) is 10.4 Å². The first-order chi connectivity index (χ1) is 3.73. The molecule has 0 aromatic carbocycles. The van der Waals surface area contributed by atoms with Crippen LogP contribution >= 0.6 is 0 Å². The fourth-order valence-electron chi connectivity index (χ4n) is 0. The van der Waals surface area contributed by atoms with E-state index in [0.29, 0.717) is 0 Å². The molecule has 0 aliphatic rings. The van der Waals surface area contributed by atoms with Crippen molar-refractivity contribution in [1.29, 1.82) is 0 Å². The smallest absolute Gasteiger partial charge is 0.726 e. The Morgan fingerprint density at radius 3 is 1.25 bits per heavy atom. The van der Waals surface area contributed by atoms with Crippen LogP contribution in [0.2, 0.25) is 0 Å². The van der Waals surface area contributed by atoms with Crippen LogP contribution in [-0.2, 0) is 10.4 Å². The van der Waals surface area contributed by atoms with E-state index in [0.717, 1.165) is 0 Å². The Kier molecular flexibility index (Phi) is 34.8. The molecule has 0 heterocycles. The Morgan fingerprint density at radius 1 is 1.25 bits per heavy atom. The third kappa shape index (κ3) is 2070. The van der Waals surface area contributed by atoms with Crippen LogP contribution in [0, 0.1) is 0 Å². The van der Waals surface area contributed by atoms with Gasteiger partial charge >= 0.3 is 57.5 Å². The minimum Gasteiger partial charge on any atom is -0.726 e. The predicted octanol–water partition coefficient (Wildman–Crippen LogP) is -4.43. The molecule has 0 rings (SSSR count). The van der Waals surface area contributed by atoms with Gasteiger partial charge in [0.15, 0.2) is 0 Å². The summed E-state index contributed by atoms with van der Waals surface area (Å²) in [5.41, 5.74) is 0. The van der Waals surface area contributed by atoms with Crippen molar-refractivity contribution in [2.75, 3.05) is 0 Å². The number of hydrogen-bond donors (Lipinski definition) is 4. The van der Waals surface area contributed by atoms with Gasteiger partial charge in [0.05, 0.1) is 0 Å². The summed E-state index contributed by atoms with van der Waals surface area (Å²) in [5.74, 6) is 0. The zero-order chi connectivity index (χ0) is 8.08. The fourth-order valence-corrected chi connectivity index (χ4v) is 0. The van der Waals surface area contributed by atoms with Crippen LogP contribution in [0.25, 0.3) is 0 Å². The van der Waals surface area contributed by atoms with Crippen molar-refractivity contribution in [1.82, 2.24) is 6.15 Å². The first kappa shape index (κ1) is 29.3. The summed E-state index contributed by atoms with van der Waals surface area (Å²) >= 11 is 0. The van der Waals surface area contributed by atoms with E-state index in [1.165, 1.54) is 0 Å². The molecule has 0 aliphatic carbocycles. The summed E-state index contributed by atoms with van der Waals surface area (Å²) in [7, 11) is -4.92. The van der Waals surface area contributed by atoms with Gasteiger partial charge in [-0.05, 0) is 0 Å². The zero-order valence-corrected chi connectivity index (χ0v) is 10.0. The van der Waals surface area contributed by atoms with Crippen molar-refractivity contribution in [2.24, 2.45) is 0 Å². The minimum absolute atomic E-state index is 0. The summed E-state index contributed by atoms with van der Waals surface area (Å²) in [6, 6.07) is 0. The Bertz CT molecular complexity index is 161. The molecule has 9 nitrogen and oxygen atoms in total. The normalized spacial score (nSPS) is 6.83. The fraction of sp³-hybridized carbons (Fsp3) is 0. The second-order valence-electron chi connectivity index (χ2n) is 0.710. The van der Waals surface area contributed by atoms with Crippen LogP contribution in [0.5, 0.6) is 0 Å². The molecule has 12 heavy (non-hydrogen) atoms. The average Bonchev–Trinajstić information content (AvgIpc) is 1.19. The number of carbonyl (C=O) groups is 1. The maximum atomic E-state index is 8.63. The molecule has 8 N–H and O–H groups in total. The molecule has 0 saturated carbocycles. The monoisotopic (exact) mass is 233 g/mol. The maximum absolute atomic E-state index is 8.63. The van der Waals surface area contributed by atoms with Gasteiger partial charge in [0, 0.05) is 0 Å². The molecule has 72 valence electrons. The quantitative estimate of drug-likeness (QED) is 0.182. The van der Waals surface area contributed by atoms with Crippen LogP contribution in [-0.4, -0.2) is 39.4 Å². The Labute approximate surface area is 111 Å². The van der Waals surface area contributed by atoms with Crippen molar-refractivity contribution < 1.29 is 89.4 Å². The maximum Gasteiger partial charge on any atom is 1.00 e. The second kappa shape index (κ2) is 14.2. The summed E-state index contributed by atoms with van der Waals surface area (Å²) < 4.78 is 32.8. The molecule has 0 amide bonds. The molecule has 0 spiro atoms. The summed E-state index contributed by atoms with van der Waals surface area (Å²) in [6.07, 6.45) is -1.83. The van der Waals surface area contributed by atoms with Gasteiger partial charge in [-0.25, -0.2) is 13.2 Å². The molecule has 0 bridgehead atoms. The third-order valence-electron chi connectivity index (χ3n) is 0. The Balaban J connectivity index is -0.0000000221. The summed E-state index contributed by atoms with van der Waals surface area (Å²) in [6.45, 7) is 0. The topological polar surface area (TPSA) is 201 Å². The number of carboxylic acid groups (broad SMARTS) is 2. The standard InChI is InChI=1S/CH2O3.K.H3N.H2O4S.H2O/c2-1(3)4;;;1-5(2,3)4;/h(H2,2,3,4);;1H3;(H2,1,2,3,4);1H2/q;+1;;;/p-1. The number of rotatable bonds is 0. The average molecular weight is 233 g/mol. The molecule has 0 atom stereocenters. The number of hydrogen-bond acceptors (Lipinski definition) is 5. The molecule has 0 radical (unpaired) electrons. The van der Waals surface area contributed by atoms with Gasteiger partial charge in [0.25, 0.3) is 0 Å². The van der Waals surface area contributed by atoms with Gasteiger partial charge < -0.3 is 26.4 Å². The van der Waals surface area contributed by atoms with E-state index in [1.807, 2.05) is 0 Å². The van der Waals surface area contributed by atoms with Gasteiger partial charge in [0.1, 0.15) is 0 Å². The van der Waals surface area contributed by atoms with Crippen LogP contribution in [0.3, 0.4) is 0 Å². The third-order valence-corrected chi connectivity index (χ3v) is 0. The van der Waals surface area contributed by atoms with Crippen LogP contribution in [0.4, 0.5) is 4.79 Å². The first-order valence-electron chi connectivity index (χ1n) is 1.33. The van der Waals surface area contributed by atoms with Gasteiger partial charge in [-0.1, -0.05) is 0 Å². The van der Waals surface area contributed by atoms with E-state index < -0.39 is 16.6 Å². The van der Waals surface area contributed by atoms with E-state index in [1.54, 1.807) is 0 Å². The van der Waals surface area contributed by atoms with Crippen LogP contribution < -0.4 is 57.5 Å². The van der Waals surface area contributed by atoms with Crippen molar-refractivity contribution in [3.8, 4) is 0 Å². The summed E-state index contributed by atoms with van der Waals surface area (Å²) in [5, 5.41) is 13.9. The molecule has 0 aliphatic heterocycles. The van der Waals surface area contributed by atoms with Crippen molar-refractivity contribution in [2.45, 2.75) is 0 Å². The van der Waals surface area contributed by atoms with Gasteiger partial charge in [-0.15, -0.1) is 0 Å². The van der Waals surface area contributed by atoms with Crippen molar-refractivity contribution in [3.05, 3.63) is 0 Å². The Hall–Kier alpha value is 0.696. The molecule has 0 aromatic heterocycles. The van der Waals surface area contributed by atoms with E-state index in [4.69, 9.17) is 32.5 Å². The molecule has 11 heteroatoms. The SMILES string of the molecule is N.O.O=C(O)O.O=S(=O)([O-])O.[K+]. The van der Waals surface area contributed by atoms with Crippen LogP contribution in [0.15, 0.2) is 0 Å². The largest absolute Gasteiger partial charge is 1.00 e. The second-order valence-corrected chi connectivity index (χ2v) is 1.57. The van der Waals surface area contributed by atoms with Crippen molar-refractivity contribution >= 4 is 16.6 Å². The van der Waals surface area contributed by atoms with E-state index >= 15 is 0 Å². The van der Waals surface area contributed by atoms with E-state index in [9.17, 15) is 0 Å². The zero-order valence-electron chi connectivity index (χ0n) is 6.09. The predicted molar refractivity (Wildman–Crippen MR) is 31.6 cm³/mol. The van der Waals surface area contributed by atoms with Crippen LogP contribution in [0.1, 0.15) is 0 Å². The Morgan fingerprint density at radius 2 is 1.25 bits per heavy atom. The molecule has 0 unspecified atom stereocenters. The molecular formula is CH8KNO8S. The van der Waals surface area contributed by atoms with E-state index in [-0.39, 0.29) is 63.0 Å². The minimum atomic E-state index is -4.92.